The number of hydrogen-bond donors (Lipinski definition) is 1. The molecule has 0 aliphatic heterocycles. The molecule has 3 heteroatoms. The molecule has 2 aromatic carbocycles. The average Bonchev–Trinajstić information content (AvgIpc) is 2.41. The zero-order valence-electron chi connectivity index (χ0n) is 11.6. The predicted octanol–water partition coefficient (Wildman–Crippen LogP) is 3.47. The topological polar surface area (TPSA) is 35.2 Å². The summed E-state index contributed by atoms with van der Waals surface area (Å²) in [5, 5.41) is 2.50. The molecule has 1 atom stereocenters. The van der Waals surface area contributed by atoms with E-state index in [4.69, 9.17) is 10.5 Å². The Morgan fingerprint density at radius 2 is 2.00 bits per heavy atom. The maximum absolute atomic E-state index is 5.98. The summed E-state index contributed by atoms with van der Waals surface area (Å²) >= 11 is 1.79. The van der Waals surface area contributed by atoms with Gasteiger partial charge in [0.05, 0.1) is 6.61 Å². The molecule has 0 aromatic heterocycles. The van der Waals surface area contributed by atoms with E-state index in [2.05, 4.69) is 42.7 Å². The van der Waals surface area contributed by atoms with E-state index in [9.17, 15) is 0 Å². The summed E-state index contributed by atoms with van der Waals surface area (Å²) in [6, 6.07) is 12.7. The molecule has 0 bridgehead atoms. The standard InChI is InChI=1S/C16H21NOS/c1-12(17)11-15-14-6-4-3-5-13(14)7-8-16(15)18-9-10-19-2/h3-8,12H,9-11,17H2,1-2H3. The largest absolute Gasteiger partial charge is 0.492 e. The van der Waals surface area contributed by atoms with Crippen molar-refractivity contribution in [1.29, 1.82) is 0 Å². The highest BCUT2D eigenvalue weighted by Gasteiger charge is 2.10. The van der Waals surface area contributed by atoms with Crippen LogP contribution in [0.1, 0.15) is 12.5 Å². The fourth-order valence-electron chi connectivity index (χ4n) is 2.22. The van der Waals surface area contributed by atoms with Crippen LogP contribution in [0.15, 0.2) is 36.4 Å². The Balaban J connectivity index is 2.38. The van der Waals surface area contributed by atoms with E-state index in [0.717, 1.165) is 24.5 Å². The zero-order valence-corrected chi connectivity index (χ0v) is 12.4. The van der Waals surface area contributed by atoms with Crippen molar-refractivity contribution < 1.29 is 4.74 Å². The molecule has 19 heavy (non-hydrogen) atoms. The van der Waals surface area contributed by atoms with E-state index in [1.807, 2.05) is 6.92 Å². The number of ether oxygens (including phenoxy) is 1. The Kier molecular flexibility index (Phi) is 5.11. The average molecular weight is 275 g/mol. The summed E-state index contributed by atoms with van der Waals surface area (Å²) in [5.41, 5.74) is 7.21. The lowest BCUT2D eigenvalue weighted by Crippen LogP contribution is -2.18. The first-order valence-corrected chi connectivity index (χ1v) is 7.99. The highest BCUT2D eigenvalue weighted by atomic mass is 32.2. The second kappa shape index (κ2) is 6.83. The van der Waals surface area contributed by atoms with Crippen molar-refractivity contribution in [2.45, 2.75) is 19.4 Å². The fourth-order valence-corrected chi connectivity index (χ4v) is 2.47. The lowest BCUT2D eigenvalue weighted by Gasteiger charge is -2.15. The van der Waals surface area contributed by atoms with Crippen molar-refractivity contribution in [2.24, 2.45) is 5.73 Å². The summed E-state index contributed by atoms with van der Waals surface area (Å²) in [5.74, 6) is 1.98. The van der Waals surface area contributed by atoms with Gasteiger partial charge in [0.1, 0.15) is 5.75 Å². The van der Waals surface area contributed by atoms with Crippen molar-refractivity contribution in [1.82, 2.24) is 0 Å². The molecule has 0 aliphatic carbocycles. The highest BCUT2D eigenvalue weighted by molar-refractivity contribution is 7.98. The van der Waals surface area contributed by atoms with Gasteiger partial charge in [-0.1, -0.05) is 30.3 Å². The van der Waals surface area contributed by atoms with Crippen LogP contribution in [-0.4, -0.2) is 24.7 Å². The molecule has 0 fully saturated rings. The smallest absolute Gasteiger partial charge is 0.123 e. The van der Waals surface area contributed by atoms with Gasteiger partial charge >= 0.3 is 0 Å². The first kappa shape index (κ1) is 14.2. The van der Waals surface area contributed by atoms with Crippen LogP contribution in [0.5, 0.6) is 5.75 Å². The van der Waals surface area contributed by atoms with Gasteiger partial charge in [-0.3, -0.25) is 0 Å². The van der Waals surface area contributed by atoms with E-state index >= 15 is 0 Å². The number of benzene rings is 2. The van der Waals surface area contributed by atoms with Crippen LogP contribution >= 0.6 is 11.8 Å². The molecule has 102 valence electrons. The van der Waals surface area contributed by atoms with Crippen molar-refractivity contribution >= 4 is 22.5 Å². The minimum atomic E-state index is 0.133. The third-order valence-corrected chi connectivity index (χ3v) is 3.64. The Bertz CT molecular complexity index is 539. The molecular weight excluding hydrogens is 254 g/mol. The Morgan fingerprint density at radius 3 is 2.74 bits per heavy atom. The van der Waals surface area contributed by atoms with Crippen LogP contribution in [-0.2, 0) is 6.42 Å². The van der Waals surface area contributed by atoms with Crippen molar-refractivity contribution in [3.63, 3.8) is 0 Å². The van der Waals surface area contributed by atoms with E-state index in [-0.39, 0.29) is 6.04 Å². The second-order valence-corrected chi connectivity index (χ2v) is 5.77. The third kappa shape index (κ3) is 3.64. The van der Waals surface area contributed by atoms with Crippen LogP contribution in [0.3, 0.4) is 0 Å². The van der Waals surface area contributed by atoms with E-state index in [1.54, 1.807) is 11.8 Å². The molecule has 0 amide bonds. The molecule has 0 saturated heterocycles. The quantitative estimate of drug-likeness (QED) is 0.820. The Hall–Kier alpha value is -1.19. The van der Waals surface area contributed by atoms with Crippen molar-refractivity contribution in [2.75, 3.05) is 18.6 Å². The van der Waals surface area contributed by atoms with Crippen LogP contribution in [0.25, 0.3) is 10.8 Å². The van der Waals surface area contributed by atoms with Gasteiger partial charge in [0.2, 0.25) is 0 Å². The molecular formula is C16H21NOS. The predicted molar refractivity (Wildman–Crippen MR) is 85.2 cm³/mol. The van der Waals surface area contributed by atoms with Crippen LogP contribution in [0, 0.1) is 0 Å². The first-order chi connectivity index (χ1) is 9.22. The normalized spacial score (nSPS) is 12.6. The molecule has 0 radical (unpaired) electrons. The van der Waals surface area contributed by atoms with Gasteiger partial charge in [-0.05, 0) is 36.4 Å². The summed E-state index contributed by atoms with van der Waals surface area (Å²) in [6.07, 6.45) is 2.93. The van der Waals surface area contributed by atoms with Gasteiger partial charge in [0, 0.05) is 17.4 Å². The molecule has 2 aromatic rings. The molecule has 0 aliphatic rings. The molecule has 0 spiro atoms. The zero-order chi connectivity index (χ0) is 13.7. The summed E-state index contributed by atoms with van der Waals surface area (Å²) in [6.45, 7) is 2.78. The SMILES string of the molecule is CSCCOc1ccc2ccccc2c1CC(C)N. The maximum atomic E-state index is 5.98. The van der Waals surface area contributed by atoms with Gasteiger partial charge in [0.25, 0.3) is 0 Å². The summed E-state index contributed by atoms with van der Waals surface area (Å²) in [7, 11) is 0. The Labute approximate surface area is 119 Å². The van der Waals surface area contributed by atoms with Gasteiger partial charge in [-0.25, -0.2) is 0 Å². The molecule has 2 N–H and O–H groups in total. The number of nitrogens with two attached hydrogens (primary N) is 1. The van der Waals surface area contributed by atoms with Gasteiger partial charge < -0.3 is 10.5 Å². The second-order valence-electron chi connectivity index (χ2n) is 4.79. The van der Waals surface area contributed by atoms with E-state index in [0.29, 0.717) is 0 Å². The molecule has 2 rings (SSSR count). The lowest BCUT2D eigenvalue weighted by molar-refractivity contribution is 0.340. The minimum absolute atomic E-state index is 0.133. The molecule has 0 saturated carbocycles. The van der Waals surface area contributed by atoms with Crippen LogP contribution in [0.2, 0.25) is 0 Å². The van der Waals surface area contributed by atoms with Gasteiger partial charge in [-0.15, -0.1) is 0 Å². The first-order valence-electron chi connectivity index (χ1n) is 6.60. The third-order valence-electron chi connectivity index (χ3n) is 3.07. The maximum Gasteiger partial charge on any atom is 0.123 e. The number of rotatable bonds is 6. The van der Waals surface area contributed by atoms with Gasteiger partial charge in [0.15, 0.2) is 0 Å². The molecule has 2 nitrogen and oxygen atoms in total. The fraction of sp³-hybridized carbons (Fsp3) is 0.375. The number of hydrogen-bond acceptors (Lipinski definition) is 3. The van der Waals surface area contributed by atoms with Crippen molar-refractivity contribution in [3.8, 4) is 5.75 Å². The summed E-state index contributed by atoms with van der Waals surface area (Å²) in [4.78, 5) is 0. The number of thioether (sulfide) groups is 1. The van der Waals surface area contributed by atoms with E-state index < -0.39 is 0 Å². The Morgan fingerprint density at radius 1 is 1.21 bits per heavy atom. The van der Waals surface area contributed by atoms with Crippen molar-refractivity contribution in [3.05, 3.63) is 42.0 Å². The number of fused-ring (bicyclic) bond motifs is 1. The summed E-state index contributed by atoms with van der Waals surface area (Å²) < 4.78 is 5.91. The highest BCUT2D eigenvalue weighted by Crippen LogP contribution is 2.29. The molecule has 0 heterocycles. The van der Waals surface area contributed by atoms with Crippen LogP contribution in [0.4, 0.5) is 0 Å². The lowest BCUT2D eigenvalue weighted by atomic mass is 9.98. The van der Waals surface area contributed by atoms with E-state index in [1.165, 1.54) is 16.3 Å². The monoisotopic (exact) mass is 275 g/mol. The molecule has 1 unspecified atom stereocenters. The van der Waals surface area contributed by atoms with Gasteiger partial charge in [-0.2, -0.15) is 11.8 Å². The van der Waals surface area contributed by atoms with Crippen LogP contribution < -0.4 is 10.5 Å². The minimum Gasteiger partial charge on any atom is -0.492 e.